The minimum Gasteiger partial charge on any atom is -0.472 e. The Kier molecular flexibility index (Phi) is 10.1. The molecule has 2 aromatic carbocycles. The molecule has 296 valence electrons. The molecule has 5 fully saturated rings. The van der Waals surface area contributed by atoms with Gasteiger partial charge in [0.1, 0.15) is 17.7 Å². The van der Waals surface area contributed by atoms with E-state index in [0.717, 1.165) is 48.9 Å². The quantitative estimate of drug-likeness (QED) is 0.148. The van der Waals surface area contributed by atoms with E-state index in [-0.39, 0.29) is 65.8 Å². The number of nitrogens with zero attached hydrogens (tertiary/aromatic N) is 6. The van der Waals surface area contributed by atoms with Crippen LogP contribution in [0.15, 0.2) is 54.7 Å². The van der Waals surface area contributed by atoms with Gasteiger partial charge in [0.25, 0.3) is 0 Å². The summed E-state index contributed by atoms with van der Waals surface area (Å²) in [4.78, 5) is 27.1. The van der Waals surface area contributed by atoms with Gasteiger partial charge < -0.3 is 24.1 Å². The Morgan fingerprint density at radius 1 is 1.16 bits per heavy atom. The summed E-state index contributed by atoms with van der Waals surface area (Å²) in [6.07, 6.45) is 4.55. The van der Waals surface area contributed by atoms with Crippen LogP contribution < -0.4 is 14.8 Å². The molecule has 3 aromatic heterocycles. The highest BCUT2D eigenvalue weighted by Crippen LogP contribution is 2.52. The number of amides is 1. The second-order valence-electron chi connectivity index (χ2n) is 15.8. The first kappa shape index (κ1) is 37.9. The summed E-state index contributed by atoms with van der Waals surface area (Å²) in [6, 6.07) is 16.8. The predicted octanol–water partition coefficient (Wildman–Crippen LogP) is 8.51. The van der Waals surface area contributed by atoms with E-state index in [2.05, 4.69) is 39.0 Å². The minimum atomic E-state index is -0.563. The molecule has 1 amide bonds. The predicted molar refractivity (Wildman–Crippen MR) is 216 cm³/mol. The normalized spacial score (nSPS) is 24.8. The van der Waals surface area contributed by atoms with Crippen LogP contribution in [0.3, 0.4) is 0 Å². The maximum Gasteiger partial charge on any atom is 0.410 e. The molecule has 7 heterocycles. The number of hydrogen-bond acceptors (Lipinski definition) is 9. The van der Waals surface area contributed by atoms with Crippen molar-refractivity contribution in [1.82, 2.24) is 29.7 Å². The number of ether oxygens (including phenoxy) is 3. The van der Waals surface area contributed by atoms with Crippen molar-refractivity contribution in [3.8, 4) is 29.0 Å². The molecule has 1 N–H and O–H groups in total. The molecule has 4 saturated heterocycles. The van der Waals surface area contributed by atoms with Gasteiger partial charge in [-0.15, -0.1) is 0 Å². The number of nitrogens with one attached hydrogen (secondary N) is 1. The van der Waals surface area contributed by atoms with Crippen LogP contribution in [0.2, 0.25) is 10.0 Å². The van der Waals surface area contributed by atoms with Crippen molar-refractivity contribution >= 4 is 51.1 Å². The van der Waals surface area contributed by atoms with Crippen LogP contribution in [-0.4, -0.2) is 88.5 Å². The van der Waals surface area contributed by atoms with Crippen LogP contribution in [-0.2, 0) is 11.2 Å². The molecule has 7 atom stereocenters. The number of methoxy groups -OCH3 is 1. The molecule has 5 aliphatic rings. The van der Waals surface area contributed by atoms with Crippen LogP contribution in [0.1, 0.15) is 62.4 Å². The number of carbonyl (C=O) groups excluding carboxylic acids is 1. The summed E-state index contributed by atoms with van der Waals surface area (Å²) in [7, 11) is 3.49. The number of likely N-dealkylation sites (tertiary alicyclic amines) is 2. The molecule has 0 spiro atoms. The zero-order valence-corrected chi connectivity index (χ0v) is 33.6. The summed E-state index contributed by atoms with van der Waals surface area (Å²) in [5.41, 5.74) is 3.09. The number of rotatable bonds is 10. The maximum absolute atomic E-state index is 17.7. The van der Waals surface area contributed by atoms with Crippen LogP contribution in [0, 0.1) is 23.1 Å². The van der Waals surface area contributed by atoms with Gasteiger partial charge in [0.15, 0.2) is 5.82 Å². The standard InChI is InChI=1S/C43H44Cl2FN7O4/c1-23(32-12-8-16-51(32)2)56-42-29-20-34(33-19-26(22-52(33)43(54)55-3)57-35-13-4-5-15-48-35)53(40-25-18-31(40)49-21-25)41(29)28-17-24(9-7-14-47)36(38(46)39(28)50-42)27-10-6-11-30(44)37(27)45/h4-6,10-11,13,15,17,20,23,25-26,31-33,40,49H,7-9,12,16,18-19,21-22H2,1-3H3/t23-,25+,26-,31+,32-,33+,40-/m0/s1. The van der Waals surface area contributed by atoms with Crippen molar-refractivity contribution in [2.75, 3.05) is 33.8 Å². The summed E-state index contributed by atoms with van der Waals surface area (Å²) >= 11 is 13.3. The van der Waals surface area contributed by atoms with E-state index in [0.29, 0.717) is 45.6 Å². The lowest BCUT2D eigenvalue weighted by Crippen LogP contribution is -2.41. The van der Waals surface area contributed by atoms with E-state index in [9.17, 15) is 10.1 Å². The largest absolute Gasteiger partial charge is 0.472 e. The molecule has 1 saturated carbocycles. The van der Waals surface area contributed by atoms with E-state index >= 15 is 4.39 Å². The van der Waals surface area contributed by atoms with Crippen LogP contribution in [0.4, 0.5) is 9.18 Å². The third-order valence-electron chi connectivity index (χ3n) is 12.6. The van der Waals surface area contributed by atoms with E-state index in [1.165, 1.54) is 7.11 Å². The Morgan fingerprint density at radius 3 is 2.72 bits per heavy atom. The van der Waals surface area contributed by atoms with Gasteiger partial charge in [0.05, 0.1) is 52.8 Å². The SMILES string of the molecule is COC(=O)N1C[C@@H](Oc2ccccn2)C[C@@H]1c1cc2c(O[C@@H](C)[C@@H]3CCCN3C)nc3c(F)c(-c4cccc(Cl)c4Cl)c(CCC#N)cc3c2n1[C@H]1[C@H]2CN[C@@H]1C2. The first-order valence-corrected chi connectivity index (χ1v) is 20.5. The van der Waals surface area contributed by atoms with Gasteiger partial charge >= 0.3 is 6.09 Å². The summed E-state index contributed by atoms with van der Waals surface area (Å²) in [5, 5.41) is 15.3. The molecule has 2 bridgehead atoms. The Balaban J connectivity index is 1.31. The fourth-order valence-corrected chi connectivity index (χ4v) is 10.3. The van der Waals surface area contributed by atoms with Crippen molar-refractivity contribution in [2.45, 2.75) is 81.8 Å². The Hall–Kier alpha value is -4.67. The molecule has 5 aromatic rings. The zero-order valence-electron chi connectivity index (χ0n) is 32.1. The number of pyridine rings is 2. The molecule has 0 radical (unpaired) electrons. The lowest BCUT2D eigenvalue weighted by molar-refractivity contribution is 0.111. The van der Waals surface area contributed by atoms with E-state index in [1.54, 1.807) is 35.4 Å². The first-order valence-electron chi connectivity index (χ1n) is 19.7. The van der Waals surface area contributed by atoms with Crippen LogP contribution >= 0.6 is 23.2 Å². The smallest absolute Gasteiger partial charge is 0.410 e. The van der Waals surface area contributed by atoms with Gasteiger partial charge in [-0.3, -0.25) is 9.80 Å². The number of nitriles is 1. The van der Waals surface area contributed by atoms with E-state index in [1.807, 2.05) is 25.1 Å². The molecule has 0 unspecified atom stereocenters. The van der Waals surface area contributed by atoms with Crippen LogP contribution in [0.5, 0.6) is 11.8 Å². The highest BCUT2D eigenvalue weighted by Gasteiger charge is 2.51. The van der Waals surface area contributed by atoms with Crippen molar-refractivity contribution in [1.29, 1.82) is 5.26 Å². The number of likely N-dealkylation sites (N-methyl/N-ethyl adjacent to an activating group) is 1. The van der Waals surface area contributed by atoms with Crippen molar-refractivity contribution in [2.24, 2.45) is 5.92 Å². The minimum absolute atomic E-state index is 0.0252. The molecule has 11 nitrogen and oxygen atoms in total. The Labute approximate surface area is 340 Å². The monoisotopic (exact) mass is 811 g/mol. The fraction of sp³-hybridized carbons (Fsp3) is 0.442. The number of carbonyl (C=O) groups is 1. The van der Waals surface area contributed by atoms with Gasteiger partial charge in [-0.25, -0.2) is 19.2 Å². The summed E-state index contributed by atoms with van der Waals surface area (Å²) < 4.78 is 38.6. The van der Waals surface area contributed by atoms with Crippen molar-refractivity contribution < 1.29 is 23.4 Å². The summed E-state index contributed by atoms with van der Waals surface area (Å²) in [5.74, 6) is 0.555. The summed E-state index contributed by atoms with van der Waals surface area (Å²) in [6.45, 7) is 4.15. The molecule has 14 heteroatoms. The van der Waals surface area contributed by atoms with Gasteiger partial charge in [0.2, 0.25) is 11.8 Å². The zero-order chi connectivity index (χ0) is 39.5. The second-order valence-corrected chi connectivity index (χ2v) is 16.6. The number of hydrogen-bond donors (Lipinski definition) is 1. The van der Waals surface area contributed by atoms with E-state index in [4.69, 9.17) is 42.4 Å². The third-order valence-corrected chi connectivity index (χ3v) is 13.4. The first-order chi connectivity index (χ1) is 27.7. The van der Waals surface area contributed by atoms with Crippen LogP contribution in [0.25, 0.3) is 32.9 Å². The molecular weight excluding hydrogens is 768 g/mol. The highest BCUT2D eigenvalue weighted by atomic mass is 35.5. The number of benzene rings is 2. The number of fused-ring (bicyclic) bond motifs is 4. The Bertz CT molecular complexity index is 2390. The highest BCUT2D eigenvalue weighted by molar-refractivity contribution is 6.43. The lowest BCUT2D eigenvalue weighted by atomic mass is 9.79. The fourth-order valence-electron chi connectivity index (χ4n) is 9.86. The van der Waals surface area contributed by atoms with Gasteiger partial charge in [-0.2, -0.15) is 5.26 Å². The van der Waals surface area contributed by atoms with E-state index < -0.39 is 18.0 Å². The topological polar surface area (TPSA) is 118 Å². The van der Waals surface area contributed by atoms with Crippen molar-refractivity contribution in [3.63, 3.8) is 0 Å². The van der Waals surface area contributed by atoms with Gasteiger partial charge in [0, 0.05) is 65.9 Å². The molecule has 57 heavy (non-hydrogen) atoms. The molecule has 10 rings (SSSR count). The average Bonchev–Trinajstić information content (AvgIpc) is 4.06. The lowest BCUT2D eigenvalue weighted by Gasteiger charge is -2.39. The molecule has 4 aliphatic heterocycles. The molecular formula is C43H44Cl2FN7O4. The van der Waals surface area contributed by atoms with Gasteiger partial charge in [-0.05, 0) is 81.9 Å². The number of halogens is 3. The maximum atomic E-state index is 17.7. The van der Waals surface area contributed by atoms with Gasteiger partial charge in [-0.1, -0.05) is 41.4 Å². The Morgan fingerprint density at radius 2 is 2.02 bits per heavy atom. The van der Waals surface area contributed by atoms with Crippen molar-refractivity contribution in [3.05, 3.63) is 81.8 Å². The second kappa shape index (κ2) is 15.3. The average molecular weight is 813 g/mol. The molecule has 1 aliphatic carbocycles. The third kappa shape index (κ3) is 6.53. The number of aryl methyl sites for hydroxylation is 1. The number of aromatic nitrogens is 3.